The Kier molecular flexibility index (Phi) is 5.26. The second-order valence-electron chi connectivity index (χ2n) is 3.70. The van der Waals surface area contributed by atoms with Crippen LogP contribution in [0.15, 0.2) is 27.1 Å². The minimum Gasteiger partial charge on any atom is -0.271 e. The molecular weight excluding hydrogens is 320 g/mol. The molecule has 0 aromatic heterocycles. The Bertz CT molecular complexity index is 328. The molecule has 0 bridgehead atoms. The topological polar surface area (TPSA) is 38.0 Å². The average molecular weight is 336 g/mol. The lowest BCUT2D eigenvalue weighted by atomic mass is 9.93. The highest BCUT2D eigenvalue weighted by atomic mass is 79.9. The van der Waals surface area contributed by atoms with E-state index in [0.717, 1.165) is 15.4 Å². The first-order valence-corrected chi connectivity index (χ1v) is 6.59. The molecule has 0 radical (unpaired) electrons. The summed E-state index contributed by atoms with van der Waals surface area (Å²) in [5.74, 6) is 6.11. The lowest BCUT2D eigenvalue weighted by Crippen LogP contribution is -2.32. The van der Waals surface area contributed by atoms with E-state index in [9.17, 15) is 0 Å². The SMILES string of the molecule is CCC(C)C(NN)c1ccc(Br)cc1Br. The Balaban J connectivity index is 3.01. The predicted molar refractivity (Wildman–Crippen MR) is 71.4 cm³/mol. The summed E-state index contributed by atoms with van der Waals surface area (Å²) < 4.78 is 2.15. The van der Waals surface area contributed by atoms with Crippen molar-refractivity contribution in [2.75, 3.05) is 0 Å². The molecule has 0 saturated carbocycles. The standard InChI is InChI=1S/C11H16Br2N2/c1-3-7(2)11(15-14)9-5-4-8(12)6-10(9)13/h4-7,11,15H,3,14H2,1-2H3. The van der Waals surface area contributed by atoms with Crippen LogP contribution in [0.25, 0.3) is 0 Å². The fourth-order valence-electron chi connectivity index (χ4n) is 1.55. The molecule has 0 saturated heterocycles. The third kappa shape index (κ3) is 3.28. The Morgan fingerprint density at radius 1 is 1.40 bits per heavy atom. The smallest absolute Gasteiger partial charge is 0.0496 e. The van der Waals surface area contributed by atoms with E-state index >= 15 is 0 Å². The normalized spacial score (nSPS) is 15.0. The van der Waals surface area contributed by atoms with Crippen molar-refractivity contribution in [1.29, 1.82) is 0 Å². The molecule has 2 nitrogen and oxygen atoms in total. The fourth-order valence-corrected chi connectivity index (χ4v) is 2.84. The molecule has 15 heavy (non-hydrogen) atoms. The number of nitrogens with one attached hydrogen (secondary N) is 1. The third-order valence-corrected chi connectivity index (χ3v) is 3.87. The number of halogens is 2. The van der Waals surface area contributed by atoms with Crippen molar-refractivity contribution in [1.82, 2.24) is 5.43 Å². The Morgan fingerprint density at radius 3 is 2.53 bits per heavy atom. The van der Waals surface area contributed by atoms with Crippen LogP contribution in [-0.4, -0.2) is 0 Å². The van der Waals surface area contributed by atoms with Gasteiger partial charge in [-0.2, -0.15) is 0 Å². The monoisotopic (exact) mass is 334 g/mol. The van der Waals surface area contributed by atoms with Crippen LogP contribution in [0.5, 0.6) is 0 Å². The van der Waals surface area contributed by atoms with Gasteiger partial charge in [-0.15, -0.1) is 0 Å². The highest BCUT2D eigenvalue weighted by Crippen LogP contribution is 2.31. The number of rotatable bonds is 4. The summed E-state index contributed by atoms with van der Waals surface area (Å²) in [5, 5.41) is 0. The van der Waals surface area contributed by atoms with Gasteiger partial charge in [-0.1, -0.05) is 58.2 Å². The highest BCUT2D eigenvalue weighted by molar-refractivity contribution is 9.11. The number of hydrogen-bond acceptors (Lipinski definition) is 2. The second kappa shape index (κ2) is 5.99. The Morgan fingerprint density at radius 2 is 2.07 bits per heavy atom. The van der Waals surface area contributed by atoms with Crippen LogP contribution >= 0.6 is 31.9 Å². The first-order chi connectivity index (χ1) is 7.10. The van der Waals surface area contributed by atoms with Crippen LogP contribution in [0.3, 0.4) is 0 Å². The van der Waals surface area contributed by atoms with Crippen molar-refractivity contribution >= 4 is 31.9 Å². The van der Waals surface area contributed by atoms with Gasteiger partial charge in [-0.25, -0.2) is 0 Å². The summed E-state index contributed by atoms with van der Waals surface area (Å²) in [5.41, 5.74) is 4.09. The summed E-state index contributed by atoms with van der Waals surface area (Å²) in [7, 11) is 0. The van der Waals surface area contributed by atoms with Crippen LogP contribution in [0.2, 0.25) is 0 Å². The summed E-state index contributed by atoms with van der Waals surface area (Å²) in [6, 6.07) is 6.36. The molecule has 0 spiro atoms. The lowest BCUT2D eigenvalue weighted by Gasteiger charge is -2.23. The van der Waals surface area contributed by atoms with Crippen molar-refractivity contribution in [3.8, 4) is 0 Å². The molecule has 0 amide bonds. The Hall–Kier alpha value is 0.1000. The van der Waals surface area contributed by atoms with Gasteiger partial charge >= 0.3 is 0 Å². The largest absolute Gasteiger partial charge is 0.271 e. The second-order valence-corrected chi connectivity index (χ2v) is 5.47. The summed E-state index contributed by atoms with van der Waals surface area (Å²) in [6.45, 7) is 4.36. The van der Waals surface area contributed by atoms with Crippen molar-refractivity contribution in [2.24, 2.45) is 11.8 Å². The molecule has 84 valence electrons. The van der Waals surface area contributed by atoms with Crippen molar-refractivity contribution in [2.45, 2.75) is 26.3 Å². The Labute approximate surface area is 108 Å². The predicted octanol–water partition coefficient (Wildman–Crippen LogP) is 3.76. The maximum absolute atomic E-state index is 5.61. The van der Waals surface area contributed by atoms with Gasteiger partial charge in [0.1, 0.15) is 0 Å². The van der Waals surface area contributed by atoms with Crippen molar-refractivity contribution < 1.29 is 0 Å². The van der Waals surface area contributed by atoms with E-state index in [0.29, 0.717) is 5.92 Å². The fraction of sp³-hybridized carbons (Fsp3) is 0.455. The highest BCUT2D eigenvalue weighted by Gasteiger charge is 2.18. The van der Waals surface area contributed by atoms with E-state index in [1.54, 1.807) is 0 Å². The van der Waals surface area contributed by atoms with E-state index < -0.39 is 0 Å². The van der Waals surface area contributed by atoms with Gasteiger partial charge in [0.15, 0.2) is 0 Å². The zero-order chi connectivity index (χ0) is 11.4. The number of benzene rings is 1. The van der Waals surface area contributed by atoms with E-state index in [2.05, 4.69) is 57.2 Å². The van der Waals surface area contributed by atoms with Crippen LogP contribution < -0.4 is 11.3 Å². The minimum atomic E-state index is 0.192. The molecule has 4 heteroatoms. The molecule has 1 rings (SSSR count). The summed E-state index contributed by atoms with van der Waals surface area (Å²) in [4.78, 5) is 0. The van der Waals surface area contributed by atoms with Gasteiger partial charge in [-0.05, 0) is 23.6 Å². The van der Waals surface area contributed by atoms with Gasteiger partial charge in [-0.3, -0.25) is 11.3 Å². The molecule has 0 aliphatic rings. The van der Waals surface area contributed by atoms with Gasteiger partial charge in [0, 0.05) is 15.0 Å². The van der Waals surface area contributed by atoms with E-state index in [1.165, 1.54) is 5.56 Å². The average Bonchev–Trinajstić information content (AvgIpc) is 2.21. The first kappa shape index (κ1) is 13.2. The number of hydrazine groups is 1. The zero-order valence-electron chi connectivity index (χ0n) is 8.93. The molecular formula is C11H16Br2N2. The van der Waals surface area contributed by atoms with Crippen molar-refractivity contribution in [3.05, 3.63) is 32.7 Å². The van der Waals surface area contributed by atoms with Gasteiger partial charge in [0.2, 0.25) is 0 Å². The molecule has 1 aromatic rings. The summed E-state index contributed by atoms with van der Waals surface area (Å²) >= 11 is 7.00. The van der Waals surface area contributed by atoms with Gasteiger partial charge in [0.25, 0.3) is 0 Å². The molecule has 1 aromatic carbocycles. The molecule has 0 aliphatic carbocycles. The van der Waals surface area contributed by atoms with Gasteiger partial charge in [0.05, 0.1) is 0 Å². The first-order valence-electron chi connectivity index (χ1n) is 5.01. The van der Waals surface area contributed by atoms with E-state index in [4.69, 9.17) is 5.84 Å². The quantitative estimate of drug-likeness (QED) is 0.649. The van der Waals surface area contributed by atoms with Crippen LogP contribution in [-0.2, 0) is 0 Å². The van der Waals surface area contributed by atoms with E-state index in [-0.39, 0.29) is 6.04 Å². The maximum Gasteiger partial charge on any atom is 0.0496 e. The molecule has 2 unspecified atom stereocenters. The van der Waals surface area contributed by atoms with Gasteiger partial charge < -0.3 is 0 Å². The molecule has 3 N–H and O–H groups in total. The molecule has 2 atom stereocenters. The van der Waals surface area contributed by atoms with Crippen LogP contribution in [0, 0.1) is 5.92 Å². The van der Waals surface area contributed by atoms with E-state index in [1.807, 2.05) is 12.1 Å². The minimum absolute atomic E-state index is 0.192. The zero-order valence-corrected chi connectivity index (χ0v) is 12.1. The number of hydrogen-bond donors (Lipinski definition) is 2. The van der Waals surface area contributed by atoms with Crippen molar-refractivity contribution in [3.63, 3.8) is 0 Å². The summed E-state index contributed by atoms with van der Waals surface area (Å²) in [6.07, 6.45) is 1.09. The molecule has 0 fully saturated rings. The molecule has 0 aliphatic heterocycles. The van der Waals surface area contributed by atoms with Crippen LogP contribution in [0.4, 0.5) is 0 Å². The molecule has 0 heterocycles. The lowest BCUT2D eigenvalue weighted by molar-refractivity contribution is 0.382. The number of nitrogens with two attached hydrogens (primary N) is 1. The van der Waals surface area contributed by atoms with Crippen LogP contribution in [0.1, 0.15) is 31.9 Å². The maximum atomic E-state index is 5.61. The third-order valence-electron chi connectivity index (χ3n) is 2.69.